The third-order valence-corrected chi connectivity index (χ3v) is 4.53. The van der Waals surface area contributed by atoms with Gasteiger partial charge in [0.1, 0.15) is 10.6 Å². The molecule has 0 saturated carbocycles. The molecule has 0 aliphatic rings. The van der Waals surface area contributed by atoms with Gasteiger partial charge in [0, 0.05) is 25.7 Å². The zero-order chi connectivity index (χ0) is 14.3. The molecule has 110 valence electrons. The largest absolute Gasteiger partial charge is 0.385 e. The highest BCUT2D eigenvalue weighted by Crippen LogP contribution is 2.36. The lowest BCUT2D eigenvalue weighted by atomic mass is 9.98. The van der Waals surface area contributed by atoms with E-state index in [-0.39, 0.29) is 11.6 Å². The van der Waals surface area contributed by atoms with E-state index in [1.54, 1.807) is 18.4 Å². The highest BCUT2D eigenvalue weighted by Gasteiger charge is 2.32. The van der Waals surface area contributed by atoms with Gasteiger partial charge in [-0.3, -0.25) is 0 Å². The van der Waals surface area contributed by atoms with Crippen molar-refractivity contribution in [3.63, 3.8) is 0 Å². The van der Waals surface area contributed by atoms with Gasteiger partial charge in [-0.15, -0.1) is 11.3 Å². The van der Waals surface area contributed by atoms with Gasteiger partial charge < -0.3 is 15.2 Å². The molecule has 1 aromatic heterocycles. The minimum absolute atomic E-state index is 0.0574. The number of hydrogen-bond donors (Lipinski definition) is 1. The topological polar surface area (TPSA) is 57.4 Å². The summed E-state index contributed by atoms with van der Waals surface area (Å²) < 4.78 is 11.0. The number of nitrogens with zero attached hydrogens (tertiary/aromatic N) is 1. The second-order valence-corrected chi connectivity index (χ2v) is 5.46. The van der Waals surface area contributed by atoms with Crippen LogP contribution in [0.1, 0.15) is 56.8 Å². The number of thiazole rings is 1. The Bertz CT molecular complexity index is 364. The second-order valence-electron chi connectivity index (χ2n) is 4.60. The molecule has 0 radical (unpaired) electrons. The van der Waals surface area contributed by atoms with Crippen molar-refractivity contribution in [1.82, 2.24) is 4.98 Å². The predicted octanol–water partition coefficient (Wildman–Crippen LogP) is 3.23. The summed E-state index contributed by atoms with van der Waals surface area (Å²) in [5.74, 6) is 0. The molecule has 2 N–H and O–H groups in total. The summed E-state index contributed by atoms with van der Waals surface area (Å²) in [6, 6.07) is -0.0574. The molecule has 0 amide bonds. The quantitative estimate of drug-likeness (QED) is 0.757. The van der Waals surface area contributed by atoms with Gasteiger partial charge in [-0.1, -0.05) is 13.8 Å². The van der Waals surface area contributed by atoms with Gasteiger partial charge in [-0.05, 0) is 26.2 Å². The third kappa shape index (κ3) is 3.99. The fourth-order valence-corrected chi connectivity index (χ4v) is 3.33. The van der Waals surface area contributed by atoms with Crippen LogP contribution in [0.25, 0.3) is 0 Å². The van der Waals surface area contributed by atoms with Crippen LogP contribution in [0.2, 0.25) is 0 Å². The molecule has 0 aliphatic carbocycles. The maximum atomic E-state index is 6.12. The van der Waals surface area contributed by atoms with Gasteiger partial charge in [-0.2, -0.15) is 0 Å². The summed E-state index contributed by atoms with van der Waals surface area (Å²) in [5.41, 5.74) is 6.81. The molecule has 1 unspecified atom stereocenters. The Morgan fingerprint density at radius 2 is 2.05 bits per heavy atom. The van der Waals surface area contributed by atoms with Crippen LogP contribution in [0, 0.1) is 0 Å². The summed E-state index contributed by atoms with van der Waals surface area (Å²) in [7, 11) is 1.69. The lowest BCUT2D eigenvalue weighted by molar-refractivity contribution is -0.0507. The molecule has 0 bridgehead atoms. The number of hydrogen-bond acceptors (Lipinski definition) is 5. The number of rotatable bonds is 9. The maximum absolute atomic E-state index is 6.12. The Balaban J connectivity index is 2.86. The van der Waals surface area contributed by atoms with Crippen LogP contribution >= 0.6 is 11.3 Å². The molecule has 19 heavy (non-hydrogen) atoms. The van der Waals surface area contributed by atoms with Crippen molar-refractivity contribution >= 4 is 11.3 Å². The van der Waals surface area contributed by atoms with Crippen LogP contribution in [0.5, 0.6) is 0 Å². The van der Waals surface area contributed by atoms with Crippen LogP contribution in [-0.4, -0.2) is 25.3 Å². The summed E-state index contributed by atoms with van der Waals surface area (Å²) in [5, 5.41) is 3.09. The molecular weight excluding hydrogens is 260 g/mol. The molecular formula is C14H26N2O2S. The highest BCUT2D eigenvalue weighted by molar-refractivity contribution is 7.09. The van der Waals surface area contributed by atoms with Gasteiger partial charge in [-0.25, -0.2) is 4.98 Å². The van der Waals surface area contributed by atoms with E-state index in [1.165, 1.54) is 0 Å². The van der Waals surface area contributed by atoms with E-state index in [1.807, 2.05) is 6.92 Å². The Labute approximate surface area is 120 Å². The number of nitrogens with two attached hydrogens (primary N) is 1. The normalized spacial score (nSPS) is 13.7. The van der Waals surface area contributed by atoms with Gasteiger partial charge >= 0.3 is 0 Å². The van der Waals surface area contributed by atoms with Gasteiger partial charge in [0.15, 0.2) is 0 Å². The van der Waals surface area contributed by atoms with Crippen molar-refractivity contribution in [3.8, 4) is 0 Å². The first-order valence-corrected chi connectivity index (χ1v) is 7.85. The van der Waals surface area contributed by atoms with Crippen molar-refractivity contribution in [3.05, 3.63) is 16.1 Å². The lowest BCUT2D eigenvalue weighted by Gasteiger charge is -2.29. The average Bonchev–Trinajstić information content (AvgIpc) is 2.92. The number of methoxy groups -OCH3 is 1. The first kappa shape index (κ1) is 16.6. The van der Waals surface area contributed by atoms with Crippen LogP contribution in [0.15, 0.2) is 5.38 Å². The summed E-state index contributed by atoms with van der Waals surface area (Å²) in [4.78, 5) is 4.71. The first-order valence-electron chi connectivity index (χ1n) is 6.97. The van der Waals surface area contributed by atoms with Crippen LogP contribution in [-0.2, 0) is 15.1 Å². The molecule has 0 aliphatic heterocycles. The SMILES string of the molecule is CCOC(CC)(CC)c1nc(C(N)CCOC)cs1. The molecule has 0 saturated heterocycles. The van der Waals surface area contributed by atoms with Crippen LogP contribution in [0.4, 0.5) is 0 Å². The van der Waals surface area contributed by atoms with Crippen molar-refractivity contribution in [2.45, 2.75) is 51.7 Å². The monoisotopic (exact) mass is 286 g/mol. The van der Waals surface area contributed by atoms with E-state index < -0.39 is 0 Å². The molecule has 1 heterocycles. The van der Waals surface area contributed by atoms with Gasteiger partial charge in [0.2, 0.25) is 0 Å². The summed E-state index contributed by atoms with van der Waals surface area (Å²) in [6.07, 6.45) is 2.65. The molecule has 0 aromatic carbocycles. The lowest BCUT2D eigenvalue weighted by Crippen LogP contribution is -2.28. The molecule has 1 aromatic rings. The average molecular weight is 286 g/mol. The van der Waals surface area contributed by atoms with Crippen LogP contribution < -0.4 is 5.73 Å². The van der Waals surface area contributed by atoms with Gasteiger partial charge in [0.25, 0.3) is 0 Å². The van der Waals surface area contributed by atoms with E-state index in [9.17, 15) is 0 Å². The zero-order valence-electron chi connectivity index (χ0n) is 12.4. The highest BCUT2D eigenvalue weighted by atomic mass is 32.1. The van der Waals surface area contributed by atoms with E-state index in [4.69, 9.17) is 20.2 Å². The minimum atomic E-state index is -0.251. The fourth-order valence-electron chi connectivity index (χ4n) is 2.15. The zero-order valence-corrected chi connectivity index (χ0v) is 13.3. The van der Waals surface area contributed by atoms with Crippen molar-refractivity contribution in [2.24, 2.45) is 5.73 Å². The van der Waals surface area contributed by atoms with E-state index in [2.05, 4.69) is 19.2 Å². The molecule has 1 atom stereocenters. The van der Waals surface area contributed by atoms with Gasteiger partial charge in [0.05, 0.1) is 11.7 Å². The summed E-state index contributed by atoms with van der Waals surface area (Å²) >= 11 is 1.65. The van der Waals surface area contributed by atoms with Crippen molar-refractivity contribution in [2.75, 3.05) is 20.3 Å². The Morgan fingerprint density at radius 1 is 1.37 bits per heavy atom. The van der Waals surface area contributed by atoms with Crippen LogP contribution in [0.3, 0.4) is 0 Å². The second kappa shape index (κ2) is 7.94. The van der Waals surface area contributed by atoms with E-state index in [0.29, 0.717) is 13.2 Å². The molecule has 1 rings (SSSR count). The molecule has 5 heteroatoms. The predicted molar refractivity (Wildman–Crippen MR) is 79.4 cm³/mol. The minimum Gasteiger partial charge on any atom is -0.385 e. The first-order chi connectivity index (χ1) is 9.13. The molecule has 0 fully saturated rings. The summed E-state index contributed by atoms with van der Waals surface area (Å²) in [6.45, 7) is 7.67. The number of aromatic nitrogens is 1. The fraction of sp³-hybridized carbons (Fsp3) is 0.786. The Hall–Kier alpha value is -0.490. The molecule has 4 nitrogen and oxygen atoms in total. The third-order valence-electron chi connectivity index (χ3n) is 3.49. The Morgan fingerprint density at radius 3 is 2.58 bits per heavy atom. The standard InChI is InChI=1S/C14H26N2O2S/c1-5-14(6-2,18-7-3)13-16-12(10-19-13)11(15)8-9-17-4/h10-11H,5-9,15H2,1-4H3. The van der Waals surface area contributed by atoms with E-state index in [0.717, 1.165) is 30.0 Å². The number of ether oxygens (including phenoxy) is 2. The van der Waals surface area contributed by atoms with Crippen molar-refractivity contribution < 1.29 is 9.47 Å². The smallest absolute Gasteiger partial charge is 0.125 e. The Kier molecular flexibility index (Phi) is 6.93. The maximum Gasteiger partial charge on any atom is 0.125 e. The van der Waals surface area contributed by atoms with Crippen molar-refractivity contribution in [1.29, 1.82) is 0 Å². The molecule has 0 spiro atoms. The van der Waals surface area contributed by atoms with E-state index >= 15 is 0 Å².